The Kier molecular flexibility index (Phi) is 6.29. The molecule has 1 unspecified atom stereocenters. The van der Waals surface area contributed by atoms with E-state index in [-0.39, 0.29) is 24.2 Å². The highest BCUT2D eigenvalue weighted by Gasteiger charge is 2.35. The van der Waals surface area contributed by atoms with Crippen molar-refractivity contribution in [2.75, 3.05) is 25.1 Å². The number of hydrogen-bond donors (Lipinski definition) is 1. The molecule has 1 aliphatic carbocycles. The molecule has 1 fully saturated rings. The van der Waals surface area contributed by atoms with Crippen LogP contribution in [0.2, 0.25) is 0 Å². The Labute approximate surface area is 198 Å². The molecular formula is C26H29N5O3. The van der Waals surface area contributed by atoms with E-state index in [9.17, 15) is 9.59 Å². The summed E-state index contributed by atoms with van der Waals surface area (Å²) in [5.74, 6) is 0.263. The van der Waals surface area contributed by atoms with Crippen LogP contribution < -0.4 is 15.0 Å². The smallest absolute Gasteiger partial charge is 0.227 e. The first-order valence-electron chi connectivity index (χ1n) is 11.8. The Balaban J connectivity index is 1.21. The zero-order chi connectivity index (χ0) is 23.5. The van der Waals surface area contributed by atoms with Gasteiger partial charge in [-0.3, -0.25) is 19.3 Å². The van der Waals surface area contributed by atoms with Crippen LogP contribution in [0.4, 0.5) is 5.69 Å². The third kappa shape index (κ3) is 4.40. The van der Waals surface area contributed by atoms with Crippen molar-refractivity contribution in [3.05, 3.63) is 60.0 Å². The molecule has 176 valence electrons. The van der Waals surface area contributed by atoms with Crippen LogP contribution in [0.5, 0.6) is 5.75 Å². The van der Waals surface area contributed by atoms with Crippen LogP contribution in [0.3, 0.4) is 0 Å². The predicted octanol–water partition coefficient (Wildman–Crippen LogP) is 3.00. The van der Waals surface area contributed by atoms with Crippen molar-refractivity contribution in [1.29, 1.82) is 0 Å². The summed E-state index contributed by atoms with van der Waals surface area (Å²) in [6, 6.07) is 11.3. The predicted molar refractivity (Wildman–Crippen MR) is 129 cm³/mol. The summed E-state index contributed by atoms with van der Waals surface area (Å²) in [6.07, 6.45) is 8.19. The molecule has 5 rings (SSSR count). The van der Waals surface area contributed by atoms with Crippen molar-refractivity contribution < 1.29 is 14.3 Å². The van der Waals surface area contributed by atoms with E-state index in [0.29, 0.717) is 19.6 Å². The third-order valence-corrected chi connectivity index (χ3v) is 6.71. The van der Waals surface area contributed by atoms with Gasteiger partial charge >= 0.3 is 0 Å². The summed E-state index contributed by atoms with van der Waals surface area (Å²) >= 11 is 0. The molecule has 0 spiro atoms. The quantitative estimate of drug-likeness (QED) is 0.587. The molecule has 2 aromatic heterocycles. The molecule has 0 saturated carbocycles. The van der Waals surface area contributed by atoms with Gasteiger partial charge in [0.25, 0.3) is 0 Å². The number of nitrogens with zero attached hydrogens (tertiary/aromatic N) is 4. The number of pyridine rings is 1. The maximum Gasteiger partial charge on any atom is 0.227 e. The molecule has 1 aromatic carbocycles. The van der Waals surface area contributed by atoms with Crippen LogP contribution in [0, 0.1) is 5.92 Å². The molecule has 1 N–H and O–H groups in total. The molecule has 34 heavy (non-hydrogen) atoms. The van der Waals surface area contributed by atoms with E-state index >= 15 is 0 Å². The van der Waals surface area contributed by atoms with Gasteiger partial charge in [-0.1, -0.05) is 0 Å². The lowest BCUT2D eigenvalue weighted by atomic mass is 9.94. The second kappa shape index (κ2) is 9.67. The zero-order valence-electron chi connectivity index (χ0n) is 19.4. The minimum absolute atomic E-state index is 0.0338. The van der Waals surface area contributed by atoms with E-state index < -0.39 is 0 Å². The summed E-state index contributed by atoms with van der Waals surface area (Å²) in [6.45, 7) is 1.48. The summed E-state index contributed by atoms with van der Waals surface area (Å²) in [5, 5.41) is 7.93. The van der Waals surface area contributed by atoms with E-state index in [1.807, 2.05) is 41.1 Å². The summed E-state index contributed by atoms with van der Waals surface area (Å²) in [5.41, 5.74) is 5.49. The van der Waals surface area contributed by atoms with Crippen molar-refractivity contribution in [1.82, 2.24) is 20.1 Å². The average molecular weight is 460 g/mol. The topological polar surface area (TPSA) is 89.3 Å². The van der Waals surface area contributed by atoms with Crippen LogP contribution in [0.25, 0.3) is 11.3 Å². The number of fused-ring (bicyclic) bond motifs is 1. The minimum Gasteiger partial charge on any atom is -0.497 e. The van der Waals surface area contributed by atoms with Gasteiger partial charge in [0.15, 0.2) is 0 Å². The molecule has 3 heterocycles. The second-order valence-corrected chi connectivity index (χ2v) is 8.83. The Morgan fingerprint density at radius 3 is 2.65 bits per heavy atom. The van der Waals surface area contributed by atoms with Gasteiger partial charge in [0.2, 0.25) is 11.8 Å². The minimum atomic E-state index is -0.353. The highest BCUT2D eigenvalue weighted by molar-refractivity contribution is 6.00. The first-order valence-corrected chi connectivity index (χ1v) is 11.8. The van der Waals surface area contributed by atoms with E-state index in [4.69, 9.17) is 9.84 Å². The lowest BCUT2D eigenvalue weighted by Crippen LogP contribution is -2.35. The molecule has 0 radical (unpaired) electrons. The molecule has 2 amide bonds. The van der Waals surface area contributed by atoms with Crippen LogP contribution in [-0.2, 0) is 29.0 Å². The van der Waals surface area contributed by atoms with Crippen molar-refractivity contribution >= 4 is 17.5 Å². The lowest BCUT2D eigenvalue weighted by molar-refractivity contribution is -0.126. The number of ether oxygens (including phenoxy) is 1. The number of amides is 2. The lowest BCUT2D eigenvalue weighted by Gasteiger charge is -2.17. The number of aromatic nitrogens is 3. The van der Waals surface area contributed by atoms with Crippen LogP contribution in [-0.4, -0.2) is 46.8 Å². The van der Waals surface area contributed by atoms with Gasteiger partial charge in [-0.25, -0.2) is 0 Å². The van der Waals surface area contributed by atoms with Gasteiger partial charge in [-0.05, 0) is 62.1 Å². The molecule has 3 aromatic rings. The Hall–Kier alpha value is -3.68. The summed E-state index contributed by atoms with van der Waals surface area (Å²) in [4.78, 5) is 31.2. The third-order valence-electron chi connectivity index (χ3n) is 6.71. The number of anilines is 1. The normalized spacial score (nSPS) is 17.5. The van der Waals surface area contributed by atoms with Crippen LogP contribution in [0.15, 0.2) is 48.8 Å². The highest BCUT2D eigenvalue weighted by Crippen LogP contribution is 2.31. The second-order valence-electron chi connectivity index (χ2n) is 8.83. The van der Waals surface area contributed by atoms with Gasteiger partial charge in [-0.15, -0.1) is 0 Å². The average Bonchev–Trinajstić information content (AvgIpc) is 3.45. The van der Waals surface area contributed by atoms with E-state index in [1.165, 1.54) is 17.7 Å². The number of methoxy groups -OCH3 is 1. The van der Waals surface area contributed by atoms with E-state index in [1.54, 1.807) is 24.4 Å². The number of nitrogens with one attached hydrogen (secondary N) is 1. The Bertz CT molecular complexity index is 1170. The standard InChI is InChI=1S/C26H29N5O3/c1-34-21-8-6-20(7-9-21)30-17-19(16-24(30)32)26(33)28-14-15-31-23-5-3-2-4-22(23)25(29-31)18-10-12-27-13-11-18/h6-13,19H,2-5,14-17H2,1H3,(H,28,33). The van der Waals surface area contributed by atoms with Crippen LogP contribution >= 0.6 is 0 Å². The van der Waals surface area contributed by atoms with Crippen LogP contribution in [0.1, 0.15) is 30.5 Å². The van der Waals surface area contributed by atoms with Crippen molar-refractivity contribution in [3.63, 3.8) is 0 Å². The number of rotatable bonds is 7. The highest BCUT2D eigenvalue weighted by atomic mass is 16.5. The fraction of sp³-hybridized carbons (Fsp3) is 0.385. The van der Waals surface area contributed by atoms with Crippen molar-refractivity contribution in [2.24, 2.45) is 5.92 Å². The maximum atomic E-state index is 12.8. The van der Waals surface area contributed by atoms with E-state index in [2.05, 4.69) is 10.3 Å². The zero-order valence-corrected chi connectivity index (χ0v) is 19.4. The molecule has 2 aliphatic rings. The van der Waals surface area contributed by atoms with Gasteiger partial charge in [0.1, 0.15) is 5.75 Å². The largest absolute Gasteiger partial charge is 0.497 e. The molecule has 8 nitrogen and oxygen atoms in total. The maximum absolute atomic E-state index is 12.8. The molecule has 0 bridgehead atoms. The summed E-state index contributed by atoms with van der Waals surface area (Å²) in [7, 11) is 1.61. The van der Waals surface area contributed by atoms with E-state index in [0.717, 1.165) is 42.0 Å². The van der Waals surface area contributed by atoms with Gasteiger partial charge in [0, 0.05) is 54.4 Å². The van der Waals surface area contributed by atoms with Crippen molar-refractivity contribution in [2.45, 2.75) is 38.6 Å². The SMILES string of the molecule is COc1ccc(N2CC(C(=O)NCCn3nc(-c4ccncc4)c4c3CCCC4)CC2=O)cc1. The first kappa shape index (κ1) is 22.1. The molecule has 8 heteroatoms. The Morgan fingerprint density at radius 2 is 1.88 bits per heavy atom. The Morgan fingerprint density at radius 1 is 1.12 bits per heavy atom. The number of benzene rings is 1. The van der Waals surface area contributed by atoms with Gasteiger partial charge < -0.3 is 15.0 Å². The number of carbonyl (C=O) groups is 2. The molecular weight excluding hydrogens is 430 g/mol. The number of hydrogen-bond acceptors (Lipinski definition) is 5. The fourth-order valence-electron chi connectivity index (χ4n) is 4.92. The fourth-order valence-corrected chi connectivity index (χ4v) is 4.92. The first-order chi connectivity index (χ1) is 16.6. The van der Waals surface area contributed by atoms with Crippen molar-refractivity contribution in [3.8, 4) is 17.0 Å². The monoisotopic (exact) mass is 459 g/mol. The van der Waals surface area contributed by atoms with Gasteiger partial charge in [-0.2, -0.15) is 5.10 Å². The molecule has 1 saturated heterocycles. The summed E-state index contributed by atoms with van der Waals surface area (Å²) < 4.78 is 7.23. The molecule has 1 atom stereocenters. The molecule has 1 aliphatic heterocycles. The van der Waals surface area contributed by atoms with Gasteiger partial charge in [0.05, 0.1) is 25.3 Å². The number of carbonyl (C=O) groups excluding carboxylic acids is 2.